The minimum absolute atomic E-state index is 0.126. The first-order chi connectivity index (χ1) is 9.61. The quantitative estimate of drug-likeness (QED) is 0.847. The molecule has 20 heavy (non-hydrogen) atoms. The molecule has 0 radical (unpaired) electrons. The third kappa shape index (κ3) is 4.09. The Morgan fingerprint density at radius 2 is 2.30 bits per heavy atom. The maximum absolute atomic E-state index is 12.6. The van der Waals surface area contributed by atoms with Crippen LogP contribution in [0.4, 0.5) is 0 Å². The second-order valence-electron chi connectivity index (χ2n) is 5.57. The smallest absolute Gasteiger partial charge is 0.254 e. The number of hydrogen-bond donors (Lipinski definition) is 1. The van der Waals surface area contributed by atoms with Gasteiger partial charge in [0, 0.05) is 18.0 Å². The van der Waals surface area contributed by atoms with Gasteiger partial charge in [-0.15, -0.1) is 11.3 Å². The highest BCUT2D eigenvalue weighted by molar-refractivity contribution is 7.10. The van der Waals surface area contributed by atoms with Gasteiger partial charge in [0.15, 0.2) is 0 Å². The normalized spacial score (nSPS) is 14.0. The summed E-state index contributed by atoms with van der Waals surface area (Å²) < 4.78 is 0. The van der Waals surface area contributed by atoms with Crippen LogP contribution in [-0.4, -0.2) is 35.1 Å². The highest BCUT2D eigenvalue weighted by Crippen LogP contribution is 2.29. The zero-order valence-corrected chi connectivity index (χ0v) is 12.9. The molecular formula is C16H21NO2S. The average molecular weight is 291 g/mol. The molecule has 2 rings (SSSR count). The van der Waals surface area contributed by atoms with Crippen molar-refractivity contribution in [2.75, 3.05) is 13.2 Å². The molecule has 1 saturated carbocycles. The Kier molecular flexibility index (Phi) is 5.22. The fourth-order valence-electron chi connectivity index (χ4n) is 2.04. The molecule has 1 heterocycles. The van der Waals surface area contributed by atoms with E-state index in [1.807, 2.05) is 16.3 Å². The second-order valence-corrected chi connectivity index (χ2v) is 6.48. The third-order valence-corrected chi connectivity index (χ3v) is 4.18. The van der Waals surface area contributed by atoms with Crippen molar-refractivity contribution in [2.24, 2.45) is 5.92 Å². The van der Waals surface area contributed by atoms with Gasteiger partial charge in [-0.2, -0.15) is 0 Å². The molecule has 0 spiro atoms. The molecule has 1 aromatic rings. The van der Waals surface area contributed by atoms with Crippen molar-refractivity contribution >= 4 is 17.2 Å². The monoisotopic (exact) mass is 291 g/mol. The van der Waals surface area contributed by atoms with Gasteiger partial charge in [-0.3, -0.25) is 4.79 Å². The topological polar surface area (TPSA) is 40.5 Å². The second kappa shape index (κ2) is 6.92. The zero-order valence-electron chi connectivity index (χ0n) is 12.1. The van der Waals surface area contributed by atoms with Gasteiger partial charge in [-0.1, -0.05) is 25.7 Å². The van der Waals surface area contributed by atoms with Crippen LogP contribution in [0.15, 0.2) is 11.4 Å². The third-order valence-electron chi connectivity index (χ3n) is 3.33. The summed E-state index contributed by atoms with van der Waals surface area (Å²) in [7, 11) is 0. The predicted molar refractivity (Wildman–Crippen MR) is 81.8 cm³/mol. The summed E-state index contributed by atoms with van der Waals surface area (Å²) in [6, 6.07) is 2.27. The largest absolute Gasteiger partial charge is 0.384 e. The molecule has 108 valence electrons. The molecule has 1 aliphatic rings. The molecule has 0 bridgehead atoms. The SMILES string of the molecule is CC(C)CCN(C(=O)c1csc(C#CCO)c1)C1CC1. The van der Waals surface area contributed by atoms with E-state index in [1.165, 1.54) is 11.3 Å². The highest BCUT2D eigenvalue weighted by Gasteiger charge is 2.33. The number of aliphatic hydroxyl groups excluding tert-OH is 1. The molecule has 0 aromatic carbocycles. The van der Waals surface area contributed by atoms with Gasteiger partial charge in [0.05, 0.1) is 10.4 Å². The molecule has 1 N–H and O–H groups in total. The lowest BCUT2D eigenvalue weighted by Gasteiger charge is -2.22. The fourth-order valence-corrected chi connectivity index (χ4v) is 2.79. The number of carbonyl (C=O) groups excluding carboxylic acids is 1. The van der Waals surface area contributed by atoms with Crippen LogP contribution >= 0.6 is 11.3 Å². The Balaban J connectivity index is 2.05. The first kappa shape index (κ1) is 15.1. The summed E-state index contributed by atoms with van der Waals surface area (Å²) in [5, 5.41) is 10.6. The number of aliphatic hydroxyl groups is 1. The van der Waals surface area contributed by atoms with E-state index in [4.69, 9.17) is 5.11 Å². The molecule has 1 aromatic heterocycles. The van der Waals surface area contributed by atoms with Crippen molar-refractivity contribution < 1.29 is 9.90 Å². The molecule has 0 atom stereocenters. The molecule has 0 aliphatic heterocycles. The van der Waals surface area contributed by atoms with Crippen LogP contribution < -0.4 is 0 Å². The van der Waals surface area contributed by atoms with E-state index in [9.17, 15) is 4.79 Å². The van der Waals surface area contributed by atoms with Crippen molar-refractivity contribution in [1.29, 1.82) is 0 Å². The number of rotatable bonds is 5. The van der Waals surface area contributed by atoms with E-state index in [-0.39, 0.29) is 12.5 Å². The van der Waals surface area contributed by atoms with Crippen LogP contribution in [0.1, 0.15) is 48.3 Å². The van der Waals surface area contributed by atoms with Crippen molar-refractivity contribution in [3.63, 3.8) is 0 Å². The minimum Gasteiger partial charge on any atom is -0.384 e. The van der Waals surface area contributed by atoms with Crippen LogP contribution in [0, 0.1) is 17.8 Å². The fraction of sp³-hybridized carbons (Fsp3) is 0.562. The summed E-state index contributed by atoms with van der Waals surface area (Å²) in [6.45, 7) is 5.06. The van der Waals surface area contributed by atoms with Crippen molar-refractivity contribution in [3.05, 3.63) is 21.9 Å². The van der Waals surface area contributed by atoms with Gasteiger partial charge in [0.1, 0.15) is 6.61 Å². The Bertz CT molecular complexity index is 520. The van der Waals surface area contributed by atoms with Crippen molar-refractivity contribution in [2.45, 2.75) is 39.2 Å². The molecule has 4 heteroatoms. The molecular weight excluding hydrogens is 270 g/mol. The summed E-state index contributed by atoms with van der Waals surface area (Å²) in [6.07, 6.45) is 3.31. The maximum atomic E-state index is 12.6. The van der Waals surface area contributed by atoms with E-state index < -0.39 is 0 Å². The number of carbonyl (C=O) groups is 1. The van der Waals surface area contributed by atoms with Crippen LogP contribution in [-0.2, 0) is 0 Å². The zero-order chi connectivity index (χ0) is 14.5. The Labute approximate surface area is 124 Å². The first-order valence-electron chi connectivity index (χ1n) is 7.11. The lowest BCUT2D eigenvalue weighted by Crippen LogP contribution is -2.34. The van der Waals surface area contributed by atoms with Crippen molar-refractivity contribution in [3.8, 4) is 11.8 Å². The maximum Gasteiger partial charge on any atom is 0.254 e. The summed E-state index contributed by atoms with van der Waals surface area (Å²) >= 11 is 1.46. The highest BCUT2D eigenvalue weighted by atomic mass is 32.1. The molecule has 1 amide bonds. The summed E-state index contributed by atoms with van der Waals surface area (Å²) in [5.74, 6) is 6.20. The van der Waals surface area contributed by atoms with E-state index >= 15 is 0 Å². The Morgan fingerprint density at radius 3 is 2.90 bits per heavy atom. The Hall–Kier alpha value is -1.31. The van der Waals surface area contributed by atoms with Crippen LogP contribution in [0.3, 0.4) is 0 Å². The number of thiophene rings is 1. The lowest BCUT2D eigenvalue weighted by atomic mass is 10.1. The predicted octanol–water partition coefficient (Wildman–Crippen LogP) is 2.74. The summed E-state index contributed by atoms with van der Waals surface area (Å²) in [4.78, 5) is 15.4. The van der Waals surface area contributed by atoms with Crippen molar-refractivity contribution in [1.82, 2.24) is 4.90 Å². The molecule has 3 nitrogen and oxygen atoms in total. The molecule has 0 unspecified atom stereocenters. The molecule has 0 saturated heterocycles. The standard InChI is InChI=1S/C16H21NO2S/c1-12(2)7-8-17(14-5-6-14)16(19)13-10-15(20-11-13)4-3-9-18/h10-12,14,18H,5-9H2,1-2H3. The van der Waals surface area contributed by atoms with Gasteiger partial charge in [-0.25, -0.2) is 0 Å². The lowest BCUT2D eigenvalue weighted by molar-refractivity contribution is 0.0736. The number of amides is 1. The van der Waals surface area contributed by atoms with E-state index in [2.05, 4.69) is 25.7 Å². The number of hydrogen-bond acceptors (Lipinski definition) is 3. The van der Waals surface area contributed by atoms with E-state index in [1.54, 1.807) is 0 Å². The van der Waals surface area contributed by atoms with Crippen LogP contribution in [0.2, 0.25) is 0 Å². The first-order valence-corrected chi connectivity index (χ1v) is 7.99. The minimum atomic E-state index is -0.149. The van der Waals surface area contributed by atoms with Gasteiger partial charge in [0.2, 0.25) is 0 Å². The Morgan fingerprint density at radius 1 is 1.55 bits per heavy atom. The van der Waals surface area contributed by atoms with E-state index in [0.717, 1.165) is 36.2 Å². The van der Waals surface area contributed by atoms with Crippen LogP contribution in [0.5, 0.6) is 0 Å². The summed E-state index contributed by atoms with van der Waals surface area (Å²) in [5.41, 5.74) is 0.730. The van der Waals surface area contributed by atoms with E-state index in [0.29, 0.717) is 12.0 Å². The van der Waals surface area contributed by atoms with Gasteiger partial charge in [0.25, 0.3) is 5.91 Å². The van der Waals surface area contributed by atoms with Gasteiger partial charge >= 0.3 is 0 Å². The van der Waals surface area contributed by atoms with Gasteiger partial charge < -0.3 is 10.0 Å². The van der Waals surface area contributed by atoms with Gasteiger partial charge in [-0.05, 0) is 31.2 Å². The number of nitrogens with zero attached hydrogens (tertiary/aromatic N) is 1. The molecule has 1 fully saturated rings. The average Bonchev–Trinajstić information content (AvgIpc) is 3.14. The van der Waals surface area contributed by atoms with Crippen LogP contribution in [0.25, 0.3) is 0 Å². The molecule has 1 aliphatic carbocycles.